The Morgan fingerprint density at radius 2 is 1.60 bits per heavy atom. The predicted molar refractivity (Wildman–Crippen MR) is 167 cm³/mol. The fourth-order valence-corrected chi connectivity index (χ4v) is 8.05. The number of amidine groups is 1. The van der Waals surface area contributed by atoms with Gasteiger partial charge in [0.05, 0.1) is 23.1 Å². The molecule has 0 fully saturated rings. The number of carbonyl (C=O) groups excluding carboxylic acids is 2. The van der Waals surface area contributed by atoms with Gasteiger partial charge in [-0.25, -0.2) is 4.98 Å². The van der Waals surface area contributed by atoms with E-state index in [2.05, 4.69) is 69.9 Å². The molecule has 3 aliphatic rings. The maximum absolute atomic E-state index is 11.1. The highest BCUT2D eigenvalue weighted by Gasteiger charge is 2.36. The molecule has 1 aliphatic heterocycles. The molecular formula is C32H26N4O2P2. The summed E-state index contributed by atoms with van der Waals surface area (Å²) in [6, 6.07) is 24.5. The second kappa shape index (κ2) is 9.44. The summed E-state index contributed by atoms with van der Waals surface area (Å²) in [5, 5.41) is 6.07. The highest BCUT2D eigenvalue weighted by atomic mass is 31.1. The van der Waals surface area contributed by atoms with E-state index < -0.39 is 0 Å². The van der Waals surface area contributed by atoms with Crippen LogP contribution in [0.25, 0.3) is 44.1 Å². The van der Waals surface area contributed by atoms with Crippen LogP contribution in [0.15, 0.2) is 65.7 Å². The lowest BCUT2D eigenvalue weighted by Gasteiger charge is -2.32. The number of carbonyl (C=O) groups is 2. The van der Waals surface area contributed by atoms with Crippen molar-refractivity contribution in [3.63, 3.8) is 0 Å². The van der Waals surface area contributed by atoms with Crippen LogP contribution in [0.4, 0.5) is 0 Å². The topological polar surface area (TPSA) is 87.2 Å². The Morgan fingerprint density at radius 3 is 2.50 bits per heavy atom. The fourth-order valence-electron chi connectivity index (χ4n) is 6.95. The summed E-state index contributed by atoms with van der Waals surface area (Å²) < 4.78 is 0. The normalized spacial score (nSPS) is 19.4. The molecule has 40 heavy (non-hydrogen) atoms. The van der Waals surface area contributed by atoms with Gasteiger partial charge in [-0.3, -0.25) is 14.6 Å². The van der Waals surface area contributed by atoms with Crippen LogP contribution in [0.1, 0.15) is 34.7 Å². The van der Waals surface area contributed by atoms with E-state index in [1.54, 1.807) is 0 Å². The van der Waals surface area contributed by atoms with Gasteiger partial charge >= 0.3 is 0 Å². The molecule has 0 radical (unpaired) electrons. The van der Waals surface area contributed by atoms with Gasteiger partial charge in [-0.1, -0.05) is 42.5 Å². The van der Waals surface area contributed by atoms with Crippen LogP contribution in [-0.4, -0.2) is 33.6 Å². The second-order valence-electron chi connectivity index (χ2n) is 10.7. The molecule has 5 aromatic rings. The number of rotatable bonds is 5. The molecule has 6 nitrogen and oxygen atoms in total. The Labute approximate surface area is 234 Å². The van der Waals surface area contributed by atoms with E-state index in [0.717, 1.165) is 65.5 Å². The van der Waals surface area contributed by atoms with Crippen molar-refractivity contribution in [2.75, 3.05) is 0 Å². The van der Waals surface area contributed by atoms with Crippen molar-refractivity contribution < 1.29 is 9.59 Å². The van der Waals surface area contributed by atoms with E-state index >= 15 is 0 Å². The Morgan fingerprint density at radius 1 is 0.800 bits per heavy atom. The summed E-state index contributed by atoms with van der Waals surface area (Å²) >= 11 is 0. The van der Waals surface area contributed by atoms with Crippen molar-refractivity contribution in [3.8, 4) is 22.3 Å². The van der Waals surface area contributed by atoms with Crippen LogP contribution in [-0.2, 0) is 28.9 Å². The molecule has 4 atom stereocenters. The average molecular weight is 561 g/mol. The quantitative estimate of drug-likeness (QED) is 0.209. The number of aromatic amines is 1. The number of imidazole rings is 1. The Balaban J connectivity index is 1.16. The highest BCUT2D eigenvalue weighted by molar-refractivity contribution is 7.71. The van der Waals surface area contributed by atoms with Gasteiger partial charge in [-0.2, -0.15) is 0 Å². The van der Waals surface area contributed by atoms with Gasteiger partial charge in [-0.15, -0.1) is 0 Å². The van der Waals surface area contributed by atoms with Crippen LogP contribution in [0, 0.1) is 0 Å². The number of nitrogens with zero attached hydrogens (tertiary/aromatic N) is 2. The van der Waals surface area contributed by atoms with Crippen molar-refractivity contribution in [1.82, 2.24) is 15.3 Å². The van der Waals surface area contributed by atoms with Gasteiger partial charge in [0.1, 0.15) is 23.2 Å². The molecule has 1 aromatic heterocycles. The number of benzene rings is 4. The summed E-state index contributed by atoms with van der Waals surface area (Å²) in [5.74, 6) is 0. The zero-order valence-corrected chi connectivity index (χ0v) is 23.6. The van der Waals surface area contributed by atoms with Crippen molar-refractivity contribution >= 4 is 62.2 Å². The van der Waals surface area contributed by atoms with E-state index in [-0.39, 0.29) is 23.2 Å². The first-order valence-electron chi connectivity index (χ1n) is 13.7. The van der Waals surface area contributed by atoms with Crippen molar-refractivity contribution in [2.24, 2.45) is 4.99 Å². The number of fused-ring (bicyclic) bond motifs is 10. The molecule has 8 rings (SSSR count). The molecule has 0 saturated heterocycles. The molecule has 2 heterocycles. The van der Waals surface area contributed by atoms with Crippen molar-refractivity contribution in [2.45, 2.75) is 37.8 Å². The fraction of sp³-hybridized carbons (Fsp3) is 0.188. The Hall–Kier alpha value is -3.72. The maximum atomic E-state index is 11.1. The molecule has 0 saturated carbocycles. The lowest BCUT2D eigenvalue weighted by atomic mass is 9.75. The van der Waals surface area contributed by atoms with E-state index in [0.29, 0.717) is 6.04 Å². The number of hydrogen-bond acceptors (Lipinski definition) is 5. The van der Waals surface area contributed by atoms with Crippen LogP contribution < -0.4 is 10.9 Å². The number of H-pyrrole nitrogens is 1. The van der Waals surface area contributed by atoms with Crippen molar-refractivity contribution in [3.05, 3.63) is 82.9 Å². The third kappa shape index (κ3) is 3.78. The standard InChI is InChI=1S/C32H26N4O2P2/c37-15-39-31-33-27-11-3-18(14-29(27)35-31)17-1-4-20-19(13-17)2-5-22-21(20)6-7-24-23(22)8-9-26-25(24)10-12-28-30(26)36-32(34-28)40-16-38/h1-5,8-9,11,13-16,28,30,39-40H,6-7,10,12H2,(H,33,35)(H,34,36). The number of aliphatic imine (C=N–C) groups is 1. The van der Waals surface area contributed by atoms with E-state index in [4.69, 9.17) is 4.99 Å². The first-order chi connectivity index (χ1) is 19.7. The van der Waals surface area contributed by atoms with E-state index in [1.807, 2.05) is 6.07 Å². The Bertz CT molecular complexity index is 1910. The molecule has 196 valence electrons. The maximum Gasteiger partial charge on any atom is 0.146 e. The summed E-state index contributed by atoms with van der Waals surface area (Å²) in [5.41, 5.74) is 14.2. The van der Waals surface area contributed by atoms with Crippen LogP contribution in [0.2, 0.25) is 0 Å². The molecule has 4 unspecified atom stereocenters. The highest BCUT2D eigenvalue weighted by Crippen LogP contribution is 2.45. The summed E-state index contributed by atoms with van der Waals surface area (Å²) in [7, 11) is 0.156. The smallest absolute Gasteiger partial charge is 0.146 e. The third-order valence-electron chi connectivity index (χ3n) is 8.72. The summed E-state index contributed by atoms with van der Waals surface area (Å²) in [6.45, 7) is 0. The zero-order chi connectivity index (χ0) is 26.8. The lowest BCUT2D eigenvalue weighted by Crippen LogP contribution is -2.34. The monoisotopic (exact) mass is 560 g/mol. The Kier molecular flexibility index (Phi) is 5.69. The molecule has 0 bridgehead atoms. The van der Waals surface area contributed by atoms with Gasteiger partial charge in [0.25, 0.3) is 0 Å². The van der Waals surface area contributed by atoms with E-state index in [9.17, 15) is 9.59 Å². The molecule has 2 aliphatic carbocycles. The molecule has 0 amide bonds. The number of aryl methyl sites for hydroxylation is 1. The summed E-state index contributed by atoms with van der Waals surface area (Å²) in [4.78, 5) is 34.7. The van der Waals surface area contributed by atoms with E-state index in [1.165, 1.54) is 49.7 Å². The first-order valence-corrected chi connectivity index (χ1v) is 15.8. The van der Waals surface area contributed by atoms with Gasteiger partial charge < -0.3 is 10.3 Å². The lowest BCUT2D eigenvalue weighted by molar-refractivity contribution is 0.476. The largest absolute Gasteiger partial charge is 0.365 e. The molecule has 8 heteroatoms. The van der Waals surface area contributed by atoms with Gasteiger partial charge in [0.15, 0.2) is 0 Å². The van der Waals surface area contributed by atoms with Gasteiger partial charge in [0, 0.05) is 17.2 Å². The molecule has 2 N–H and O–H groups in total. The predicted octanol–water partition coefficient (Wildman–Crippen LogP) is 5.83. The van der Waals surface area contributed by atoms with Crippen LogP contribution in [0.3, 0.4) is 0 Å². The average Bonchev–Trinajstić information content (AvgIpc) is 3.59. The van der Waals surface area contributed by atoms with Crippen molar-refractivity contribution in [1.29, 1.82) is 0 Å². The minimum absolute atomic E-state index is 0.0436. The van der Waals surface area contributed by atoms with Crippen LogP contribution >= 0.6 is 17.2 Å². The number of hydrogen-bond donors (Lipinski definition) is 2. The first kappa shape index (κ1) is 24.1. The SMILES string of the molecule is O=CPC1=NC2c3ccc4c(c3CCC2N1)CCc1c-4ccc2cc(-c3ccc4nc(PC=O)[nH]c4c3)ccc12. The zero-order valence-electron chi connectivity index (χ0n) is 21.6. The minimum Gasteiger partial charge on any atom is -0.365 e. The van der Waals surface area contributed by atoms with Gasteiger partial charge in [-0.05, 0) is 99.2 Å². The molecular weight excluding hydrogens is 534 g/mol. The minimum atomic E-state index is 0.0436. The molecule has 0 spiro atoms. The number of aromatic nitrogens is 2. The molecule has 4 aromatic carbocycles. The number of nitrogens with one attached hydrogen (secondary N) is 2. The second-order valence-corrected chi connectivity index (χ2v) is 12.7. The van der Waals surface area contributed by atoms with Crippen LogP contribution in [0.5, 0.6) is 0 Å². The van der Waals surface area contributed by atoms with Gasteiger partial charge in [0.2, 0.25) is 0 Å². The summed E-state index contributed by atoms with van der Waals surface area (Å²) in [6.07, 6.45) is 4.19. The third-order valence-corrected chi connectivity index (χ3v) is 10.0.